The molecule has 0 aromatic heterocycles. The van der Waals surface area contributed by atoms with Crippen molar-refractivity contribution in [2.24, 2.45) is 5.92 Å². The van der Waals surface area contributed by atoms with E-state index in [0.717, 1.165) is 19.5 Å². The van der Waals surface area contributed by atoms with Gasteiger partial charge in [-0.3, -0.25) is 9.59 Å². The molecule has 1 aliphatic rings. The fourth-order valence-electron chi connectivity index (χ4n) is 2.04. The first-order valence-electron chi connectivity index (χ1n) is 6.06. The molecule has 1 heterocycles. The Morgan fingerprint density at radius 1 is 1.44 bits per heavy atom. The fraction of sp³-hybridized carbons (Fsp3) is 0.833. The van der Waals surface area contributed by atoms with Crippen LogP contribution in [0.25, 0.3) is 0 Å². The molecule has 0 saturated carbocycles. The van der Waals surface area contributed by atoms with E-state index in [0.29, 0.717) is 5.92 Å². The SMILES string of the molecule is CC1CCCN(C(=O)CC(=O)NC(C)C)C1. The average molecular weight is 226 g/mol. The predicted octanol–water partition coefficient (Wildman–Crippen LogP) is 1.16. The molecular weight excluding hydrogens is 204 g/mol. The zero-order chi connectivity index (χ0) is 12.1. The van der Waals surface area contributed by atoms with E-state index < -0.39 is 0 Å². The van der Waals surface area contributed by atoms with Crippen LogP contribution in [0.2, 0.25) is 0 Å². The molecular formula is C12H22N2O2. The maximum absolute atomic E-state index is 11.8. The van der Waals surface area contributed by atoms with Gasteiger partial charge in [0.1, 0.15) is 6.42 Å². The first kappa shape index (κ1) is 13.0. The van der Waals surface area contributed by atoms with Crippen LogP contribution in [-0.2, 0) is 9.59 Å². The standard InChI is InChI=1S/C12H22N2O2/c1-9(2)13-11(15)7-12(16)14-6-4-5-10(3)8-14/h9-10H,4-8H2,1-3H3,(H,13,15). The van der Waals surface area contributed by atoms with Crippen LogP contribution in [0.5, 0.6) is 0 Å². The third-order valence-corrected chi connectivity index (χ3v) is 2.77. The van der Waals surface area contributed by atoms with Gasteiger partial charge in [-0.25, -0.2) is 0 Å². The normalized spacial score (nSPS) is 21.0. The number of likely N-dealkylation sites (tertiary alicyclic amines) is 1. The number of piperidine rings is 1. The van der Waals surface area contributed by atoms with E-state index in [1.807, 2.05) is 18.7 Å². The third kappa shape index (κ3) is 4.21. The lowest BCUT2D eigenvalue weighted by Crippen LogP contribution is -2.42. The van der Waals surface area contributed by atoms with Gasteiger partial charge < -0.3 is 10.2 Å². The molecule has 1 N–H and O–H groups in total. The molecule has 0 bridgehead atoms. The van der Waals surface area contributed by atoms with Crippen molar-refractivity contribution in [1.82, 2.24) is 10.2 Å². The van der Waals surface area contributed by atoms with Crippen LogP contribution in [0.15, 0.2) is 0 Å². The zero-order valence-corrected chi connectivity index (χ0v) is 10.5. The van der Waals surface area contributed by atoms with Gasteiger partial charge in [0.05, 0.1) is 0 Å². The first-order chi connectivity index (χ1) is 7.49. The second-order valence-corrected chi connectivity index (χ2v) is 4.99. The molecule has 0 aliphatic carbocycles. The lowest BCUT2D eigenvalue weighted by molar-refractivity contribution is -0.137. The highest BCUT2D eigenvalue weighted by molar-refractivity contribution is 5.97. The van der Waals surface area contributed by atoms with Gasteiger partial charge >= 0.3 is 0 Å². The second-order valence-electron chi connectivity index (χ2n) is 4.99. The molecule has 1 fully saturated rings. The highest BCUT2D eigenvalue weighted by Gasteiger charge is 2.22. The summed E-state index contributed by atoms with van der Waals surface area (Å²) in [6.07, 6.45) is 2.23. The van der Waals surface area contributed by atoms with Crippen LogP contribution in [0.3, 0.4) is 0 Å². The Morgan fingerprint density at radius 3 is 2.69 bits per heavy atom. The van der Waals surface area contributed by atoms with E-state index in [-0.39, 0.29) is 24.3 Å². The van der Waals surface area contributed by atoms with Gasteiger partial charge in [0.15, 0.2) is 0 Å². The van der Waals surface area contributed by atoms with Crippen LogP contribution in [-0.4, -0.2) is 35.8 Å². The highest BCUT2D eigenvalue weighted by Crippen LogP contribution is 2.15. The smallest absolute Gasteiger partial charge is 0.232 e. The summed E-state index contributed by atoms with van der Waals surface area (Å²) in [6, 6.07) is 0.0978. The quantitative estimate of drug-likeness (QED) is 0.734. The van der Waals surface area contributed by atoms with Crippen LogP contribution < -0.4 is 5.32 Å². The van der Waals surface area contributed by atoms with Crippen molar-refractivity contribution in [2.75, 3.05) is 13.1 Å². The zero-order valence-electron chi connectivity index (χ0n) is 10.5. The summed E-state index contributed by atoms with van der Waals surface area (Å²) in [7, 11) is 0. The summed E-state index contributed by atoms with van der Waals surface area (Å²) in [5.41, 5.74) is 0. The maximum atomic E-state index is 11.8. The van der Waals surface area contributed by atoms with E-state index in [4.69, 9.17) is 0 Å². The number of hydrogen-bond donors (Lipinski definition) is 1. The summed E-state index contributed by atoms with van der Waals surface area (Å²) in [5.74, 6) is 0.355. The Kier molecular flexibility index (Phi) is 4.77. The molecule has 1 rings (SSSR count). The number of nitrogens with one attached hydrogen (secondary N) is 1. The minimum Gasteiger partial charge on any atom is -0.353 e. The Morgan fingerprint density at radius 2 is 2.12 bits per heavy atom. The molecule has 1 aliphatic heterocycles. The molecule has 2 amide bonds. The van der Waals surface area contributed by atoms with Crippen molar-refractivity contribution >= 4 is 11.8 Å². The molecule has 4 heteroatoms. The lowest BCUT2D eigenvalue weighted by Gasteiger charge is -2.30. The van der Waals surface area contributed by atoms with Crippen LogP contribution in [0.4, 0.5) is 0 Å². The number of rotatable bonds is 3. The average Bonchev–Trinajstić information content (AvgIpc) is 2.16. The summed E-state index contributed by atoms with van der Waals surface area (Å²) in [6.45, 7) is 7.54. The summed E-state index contributed by atoms with van der Waals surface area (Å²) in [5, 5.41) is 2.74. The van der Waals surface area contributed by atoms with Gasteiger partial charge in [-0.05, 0) is 32.6 Å². The van der Waals surface area contributed by atoms with Gasteiger partial charge in [-0.1, -0.05) is 6.92 Å². The summed E-state index contributed by atoms with van der Waals surface area (Å²) in [4.78, 5) is 25.0. The molecule has 0 radical (unpaired) electrons. The Hall–Kier alpha value is -1.06. The summed E-state index contributed by atoms with van der Waals surface area (Å²) < 4.78 is 0. The fourth-order valence-corrected chi connectivity index (χ4v) is 2.04. The molecule has 1 saturated heterocycles. The van der Waals surface area contributed by atoms with Crippen LogP contribution >= 0.6 is 0 Å². The van der Waals surface area contributed by atoms with E-state index in [9.17, 15) is 9.59 Å². The van der Waals surface area contributed by atoms with Crippen molar-refractivity contribution in [3.8, 4) is 0 Å². The van der Waals surface area contributed by atoms with Gasteiger partial charge in [0.25, 0.3) is 0 Å². The van der Waals surface area contributed by atoms with Gasteiger partial charge in [-0.15, -0.1) is 0 Å². The van der Waals surface area contributed by atoms with E-state index in [1.165, 1.54) is 6.42 Å². The molecule has 0 spiro atoms. The molecule has 4 nitrogen and oxygen atoms in total. The molecule has 92 valence electrons. The van der Waals surface area contributed by atoms with Gasteiger partial charge in [0, 0.05) is 19.1 Å². The van der Waals surface area contributed by atoms with Gasteiger partial charge in [0.2, 0.25) is 11.8 Å². The molecule has 1 unspecified atom stereocenters. The topological polar surface area (TPSA) is 49.4 Å². The number of hydrogen-bond acceptors (Lipinski definition) is 2. The number of carbonyl (C=O) groups is 2. The van der Waals surface area contributed by atoms with Crippen LogP contribution in [0, 0.1) is 5.92 Å². The van der Waals surface area contributed by atoms with Crippen molar-refractivity contribution in [2.45, 2.75) is 46.1 Å². The van der Waals surface area contributed by atoms with Crippen molar-refractivity contribution in [3.63, 3.8) is 0 Å². The van der Waals surface area contributed by atoms with Crippen LogP contribution in [0.1, 0.15) is 40.0 Å². The van der Waals surface area contributed by atoms with E-state index >= 15 is 0 Å². The van der Waals surface area contributed by atoms with Crippen molar-refractivity contribution < 1.29 is 9.59 Å². The second kappa shape index (κ2) is 5.87. The minimum atomic E-state index is -0.168. The van der Waals surface area contributed by atoms with Crippen molar-refractivity contribution in [3.05, 3.63) is 0 Å². The number of carbonyl (C=O) groups excluding carboxylic acids is 2. The Balaban J connectivity index is 2.36. The summed E-state index contributed by atoms with van der Waals surface area (Å²) >= 11 is 0. The van der Waals surface area contributed by atoms with Crippen molar-refractivity contribution in [1.29, 1.82) is 0 Å². The molecule has 0 aromatic rings. The Bertz CT molecular complexity index is 264. The Labute approximate surface area is 97.4 Å². The predicted molar refractivity (Wildman–Crippen MR) is 62.9 cm³/mol. The third-order valence-electron chi connectivity index (χ3n) is 2.77. The minimum absolute atomic E-state index is 0.00903. The molecule has 16 heavy (non-hydrogen) atoms. The number of nitrogens with zero attached hydrogens (tertiary/aromatic N) is 1. The maximum Gasteiger partial charge on any atom is 0.232 e. The monoisotopic (exact) mass is 226 g/mol. The lowest BCUT2D eigenvalue weighted by atomic mass is 10.00. The number of amides is 2. The first-order valence-corrected chi connectivity index (χ1v) is 6.06. The van der Waals surface area contributed by atoms with Gasteiger partial charge in [-0.2, -0.15) is 0 Å². The molecule has 1 atom stereocenters. The highest BCUT2D eigenvalue weighted by atomic mass is 16.2. The van der Waals surface area contributed by atoms with E-state index in [2.05, 4.69) is 12.2 Å². The molecule has 0 aromatic carbocycles. The largest absolute Gasteiger partial charge is 0.353 e. The van der Waals surface area contributed by atoms with E-state index in [1.54, 1.807) is 0 Å².